The summed E-state index contributed by atoms with van der Waals surface area (Å²) in [6.45, 7) is 0.0595. The summed E-state index contributed by atoms with van der Waals surface area (Å²) < 4.78 is 24.6. The molecule has 0 fully saturated rings. The van der Waals surface area contributed by atoms with Crippen LogP contribution in [0.2, 0.25) is 0 Å². The second-order valence-corrected chi connectivity index (χ2v) is 6.95. The first-order valence-corrected chi connectivity index (χ1v) is 7.58. The summed E-state index contributed by atoms with van der Waals surface area (Å²) in [5, 5.41) is 13.6. The summed E-state index contributed by atoms with van der Waals surface area (Å²) >= 11 is 3.14. The Kier molecular flexibility index (Phi) is 5.20. The zero-order chi connectivity index (χ0) is 14.6. The minimum Gasteiger partial charge on any atom is -0.377 e. The van der Waals surface area contributed by atoms with Gasteiger partial charge in [0.15, 0.2) is 0 Å². The molecule has 19 heavy (non-hydrogen) atoms. The molecular weight excluding hydrogens is 340 g/mol. The topological polar surface area (TPSA) is 105 Å². The van der Waals surface area contributed by atoms with Crippen LogP contribution < -0.4 is 5.32 Å². The van der Waals surface area contributed by atoms with Crippen molar-refractivity contribution < 1.29 is 13.3 Å². The lowest BCUT2D eigenvalue weighted by atomic mass is 10.3. The summed E-state index contributed by atoms with van der Waals surface area (Å²) in [6.07, 6.45) is 2.50. The van der Waals surface area contributed by atoms with E-state index in [0.29, 0.717) is 4.47 Å². The highest BCUT2D eigenvalue weighted by molar-refractivity contribution is 9.10. The Hall–Kier alpha value is -1.26. The second kappa shape index (κ2) is 6.26. The molecule has 1 aromatic rings. The zero-order valence-corrected chi connectivity index (χ0v) is 12.7. The van der Waals surface area contributed by atoms with Crippen LogP contribution in [0.3, 0.4) is 0 Å². The highest BCUT2D eigenvalue weighted by Crippen LogP contribution is 2.30. The van der Waals surface area contributed by atoms with E-state index < -0.39 is 14.9 Å². The molecular formula is C9H13BrN4O4S. The van der Waals surface area contributed by atoms with Crippen LogP contribution >= 0.6 is 15.9 Å². The van der Waals surface area contributed by atoms with Crippen molar-refractivity contribution in [3.8, 4) is 0 Å². The van der Waals surface area contributed by atoms with E-state index in [4.69, 9.17) is 0 Å². The molecule has 0 saturated carbocycles. The van der Waals surface area contributed by atoms with Gasteiger partial charge in [-0.2, -0.15) is 0 Å². The monoisotopic (exact) mass is 352 g/mol. The smallest absolute Gasteiger partial charge is 0.311 e. The van der Waals surface area contributed by atoms with Gasteiger partial charge in [0.2, 0.25) is 10.0 Å². The predicted molar refractivity (Wildman–Crippen MR) is 74.6 cm³/mol. The number of halogens is 1. The van der Waals surface area contributed by atoms with Crippen LogP contribution in [0.25, 0.3) is 0 Å². The molecule has 0 bridgehead atoms. The zero-order valence-electron chi connectivity index (χ0n) is 10.3. The van der Waals surface area contributed by atoms with E-state index in [0.717, 1.165) is 10.5 Å². The first-order chi connectivity index (χ1) is 8.75. The lowest BCUT2D eigenvalue weighted by Gasteiger charge is -2.12. The third-order valence-electron chi connectivity index (χ3n) is 2.29. The Bertz CT molecular complexity index is 576. The van der Waals surface area contributed by atoms with E-state index in [-0.39, 0.29) is 23.7 Å². The summed E-state index contributed by atoms with van der Waals surface area (Å²) in [6, 6.07) is 0. The molecule has 1 N–H and O–H groups in total. The van der Waals surface area contributed by atoms with E-state index in [1.807, 2.05) is 0 Å². The quantitative estimate of drug-likeness (QED) is 0.605. The number of hydrogen-bond acceptors (Lipinski definition) is 6. The average Bonchev–Trinajstić information content (AvgIpc) is 2.30. The SMILES string of the molecule is CN(C)S(=O)(=O)CCNc1c(Br)cncc1[N+](=O)[O-]. The van der Waals surface area contributed by atoms with E-state index in [2.05, 4.69) is 26.2 Å². The van der Waals surface area contributed by atoms with Gasteiger partial charge in [0.05, 0.1) is 15.1 Å². The van der Waals surface area contributed by atoms with Crippen LogP contribution in [-0.2, 0) is 10.0 Å². The van der Waals surface area contributed by atoms with Gasteiger partial charge in [-0.25, -0.2) is 12.7 Å². The van der Waals surface area contributed by atoms with E-state index in [9.17, 15) is 18.5 Å². The molecule has 0 aliphatic rings. The number of rotatable bonds is 6. The van der Waals surface area contributed by atoms with Crippen molar-refractivity contribution in [2.75, 3.05) is 31.7 Å². The fourth-order valence-electron chi connectivity index (χ4n) is 1.23. The van der Waals surface area contributed by atoms with Crippen molar-refractivity contribution in [1.29, 1.82) is 0 Å². The number of hydrogen-bond donors (Lipinski definition) is 1. The van der Waals surface area contributed by atoms with Crippen LogP contribution in [0, 0.1) is 10.1 Å². The van der Waals surface area contributed by atoms with Gasteiger partial charge in [0.25, 0.3) is 0 Å². The van der Waals surface area contributed by atoms with Crippen LogP contribution in [0.1, 0.15) is 0 Å². The first kappa shape index (κ1) is 15.8. The van der Waals surface area contributed by atoms with Crippen molar-refractivity contribution >= 4 is 37.3 Å². The highest BCUT2D eigenvalue weighted by Gasteiger charge is 2.18. The maximum Gasteiger partial charge on any atom is 0.311 e. The summed E-state index contributed by atoms with van der Waals surface area (Å²) in [7, 11) is -0.483. The highest BCUT2D eigenvalue weighted by atomic mass is 79.9. The van der Waals surface area contributed by atoms with Crippen LogP contribution in [0.15, 0.2) is 16.9 Å². The third kappa shape index (κ3) is 4.11. The van der Waals surface area contributed by atoms with Gasteiger partial charge in [-0.15, -0.1) is 0 Å². The summed E-state index contributed by atoms with van der Waals surface area (Å²) in [5.74, 6) is -0.161. The minimum atomic E-state index is -3.34. The van der Waals surface area contributed by atoms with Crippen molar-refractivity contribution in [2.45, 2.75) is 0 Å². The second-order valence-electron chi connectivity index (χ2n) is 3.80. The molecule has 1 heterocycles. The van der Waals surface area contributed by atoms with Gasteiger partial charge in [-0.1, -0.05) is 0 Å². The van der Waals surface area contributed by atoms with Crippen LogP contribution in [0.5, 0.6) is 0 Å². The van der Waals surface area contributed by atoms with E-state index in [1.165, 1.54) is 20.3 Å². The van der Waals surface area contributed by atoms with Crippen molar-refractivity contribution in [1.82, 2.24) is 9.29 Å². The Morgan fingerprint density at radius 2 is 2.11 bits per heavy atom. The molecule has 0 aliphatic heterocycles. The van der Waals surface area contributed by atoms with Gasteiger partial charge in [-0.05, 0) is 15.9 Å². The first-order valence-electron chi connectivity index (χ1n) is 5.17. The molecule has 106 valence electrons. The number of sulfonamides is 1. The molecule has 0 spiro atoms. The predicted octanol–water partition coefficient (Wildman–Crippen LogP) is 1.06. The van der Waals surface area contributed by atoms with Crippen molar-refractivity contribution in [3.63, 3.8) is 0 Å². The Balaban J connectivity index is 2.82. The largest absolute Gasteiger partial charge is 0.377 e. The maximum absolute atomic E-state index is 11.6. The Morgan fingerprint density at radius 1 is 1.47 bits per heavy atom. The average molecular weight is 353 g/mol. The van der Waals surface area contributed by atoms with Gasteiger partial charge >= 0.3 is 5.69 Å². The molecule has 1 rings (SSSR count). The van der Waals surface area contributed by atoms with E-state index >= 15 is 0 Å². The van der Waals surface area contributed by atoms with Gasteiger partial charge in [0, 0.05) is 26.8 Å². The summed E-state index contributed by atoms with van der Waals surface area (Å²) in [4.78, 5) is 13.9. The third-order valence-corrected chi connectivity index (χ3v) is 4.73. The molecule has 1 aromatic heterocycles. The number of nitrogens with one attached hydrogen (secondary N) is 1. The molecule has 0 radical (unpaired) electrons. The summed E-state index contributed by atoms with van der Waals surface area (Å²) in [5.41, 5.74) is 0.00517. The Morgan fingerprint density at radius 3 is 2.63 bits per heavy atom. The van der Waals surface area contributed by atoms with Crippen LogP contribution in [-0.4, -0.2) is 49.0 Å². The molecule has 0 aliphatic carbocycles. The number of anilines is 1. The van der Waals surface area contributed by atoms with Gasteiger partial charge < -0.3 is 5.32 Å². The minimum absolute atomic E-state index is 0.0595. The fourth-order valence-corrected chi connectivity index (χ4v) is 2.41. The number of pyridine rings is 1. The molecule has 0 saturated heterocycles. The number of nitro groups is 1. The molecule has 0 aromatic carbocycles. The molecule has 10 heteroatoms. The lowest BCUT2D eigenvalue weighted by molar-refractivity contribution is -0.384. The number of aromatic nitrogens is 1. The van der Waals surface area contributed by atoms with Crippen molar-refractivity contribution in [3.05, 3.63) is 27.0 Å². The standard InChI is InChI=1S/C9H13BrN4O4S/c1-13(2)19(17,18)4-3-12-9-7(10)5-11-6-8(9)14(15)16/h5-6H,3-4H2,1-2H3,(H,11,12). The van der Waals surface area contributed by atoms with E-state index in [1.54, 1.807) is 0 Å². The van der Waals surface area contributed by atoms with Crippen molar-refractivity contribution in [2.24, 2.45) is 0 Å². The molecule has 0 unspecified atom stereocenters. The maximum atomic E-state index is 11.6. The molecule has 0 atom stereocenters. The molecule has 0 amide bonds. The van der Waals surface area contributed by atoms with Gasteiger partial charge in [-0.3, -0.25) is 15.1 Å². The lowest BCUT2D eigenvalue weighted by Crippen LogP contribution is -2.28. The number of nitrogens with zero attached hydrogens (tertiary/aromatic N) is 3. The normalized spacial score (nSPS) is 11.6. The Labute approximate surface area is 119 Å². The fraction of sp³-hybridized carbons (Fsp3) is 0.444. The van der Waals surface area contributed by atoms with Crippen LogP contribution in [0.4, 0.5) is 11.4 Å². The van der Waals surface area contributed by atoms with Gasteiger partial charge in [0.1, 0.15) is 11.9 Å². The molecule has 8 nitrogen and oxygen atoms in total.